The van der Waals surface area contributed by atoms with Crippen molar-refractivity contribution in [1.29, 1.82) is 0 Å². The number of alkyl halides is 6. The Labute approximate surface area is 239 Å². The Kier molecular flexibility index (Phi) is 9.47. The first kappa shape index (κ1) is 33.1. The fourth-order valence-electron chi connectivity index (χ4n) is 4.46. The van der Waals surface area contributed by atoms with Crippen molar-refractivity contribution in [2.24, 2.45) is 0 Å². The van der Waals surface area contributed by atoms with Gasteiger partial charge in [0.1, 0.15) is 35.0 Å². The zero-order valence-corrected chi connectivity index (χ0v) is 23.3. The van der Waals surface area contributed by atoms with Crippen LogP contribution >= 0.6 is 0 Å². The molecule has 42 heavy (non-hydrogen) atoms. The molecule has 0 atom stereocenters. The van der Waals surface area contributed by atoms with Crippen molar-refractivity contribution < 1.29 is 58.4 Å². The van der Waals surface area contributed by atoms with Crippen LogP contribution in [0.4, 0.5) is 26.3 Å². The Morgan fingerprint density at radius 2 is 1.26 bits per heavy atom. The smallest absolute Gasteiger partial charge is 0.435 e. The van der Waals surface area contributed by atoms with Gasteiger partial charge in [0.25, 0.3) is 10.1 Å². The maximum atomic E-state index is 13.8. The maximum absolute atomic E-state index is 13.8. The quantitative estimate of drug-likeness (QED) is 0.130. The van der Waals surface area contributed by atoms with E-state index in [1.54, 1.807) is 0 Å². The lowest BCUT2D eigenvalue weighted by Gasteiger charge is -2.35. The maximum Gasteiger partial charge on any atom is 0.438 e. The van der Waals surface area contributed by atoms with Gasteiger partial charge in [-0.3, -0.25) is 4.55 Å². The SMILES string of the molecule is BCc1cc(CB)c(OC(=O)c2cccc3cccc(C(=O)OC(CS(=O)(=O)O)(C(F)(F)F)C(F)(F)F)c23)c(CB)c1. The van der Waals surface area contributed by atoms with Gasteiger partial charge in [0.05, 0.1) is 11.1 Å². The summed E-state index contributed by atoms with van der Waals surface area (Å²) in [6, 6.07) is 10.8. The molecule has 0 saturated heterocycles. The van der Waals surface area contributed by atoms with E-state index in [0.717, 1.165) is 23.8 Å². The van der Waals surface area contributed by atoms with E-state index in [1.165, 1.54) is 18.2 Å². The number of esters is 2. The fraction of sp³-hybridized carbons (Fsp3) is 0.280. The third-order valence-corrected chi connectivity index (χ3v) is 7.35. The van der Waals surface area contributed by atoms with Crippen LogP contribution < -0.4 is 4.74 Å². The highest BCUT2D eigenvalue weighted by molar-refractivity contribution is 7.85. The molecule has 0 saturated carbocycles. The molecule has 0 aliphatic carbocycles. The zero-order chi connectivity index (χ0) is 31.7. The first-order chi connectivity index (χ1) is 19.4. The van der Waals surface area contributed by atoms with Crippen molar-refractivity contribution in [3.63, 3.8) is 0 Å². The van der Waals surface area contributed by atoms with E-state index in [1.807, 2.05) is 35.7 Å². The lowest BCUT2D eigenvalue weighted by atomic mass is 9.85. The molecule has 0 unspecified atom stereocenters. The topological polar surface area (TPSA) is 107 Å². The van der Waals surface area contributed by atoms with Crippen LogP contribution in [0, 0.1) is 0 Å². The molecular weight excluding hydrogens is 591 g/mol. The Morgan fingerprint density at radius 1 is 0.786 bits per heavy atom. The minimum atomic E-state index is -6.51. The highest BCUT2D eigenvalue weighted by Gasteiger charge is 2.76. The molecule has 3 aromatic rings. The van der Waals surface area contributed by atoms with Gasteiger partial charge in [0, 0.05) is 5.39 Å². The molecule has 222 valence electrons. The summed E-state index contributed by atoms with van der Waals surface area (Å²) >= 11 is 0. The molecule has 0 fully saturated rings. The van der Waals surface area contributed by atoms with Crippen LogP contribution in [0.15, 0.2) is 48.5 Å². The molecule has 0 aliphatic rings. The van der Waals surface area contributed by atoms with Gasteiger partial charge in [0.2, 0.25) is 0 Å². The van der Waals surface area contributed by atoms with Gasteiger partial charge in [-0.2, -0.15) is 34.8 Å². The number of halogens is 6. The average molecular weight is 614 g/mol. The number of benzene rings is 3. The highest BCUT2D eigenvalue weighted by Crippen LogP contribution is 2.47. The van der Waals surface area contributed by atoms with Crippen LogP contribution in [-0.2, 0) is 33.8 Å². The fourth-order valence-corrected chi connectivity index (χ4v) is 5.36. The summed E-state index contributed by atoms with van der Waals surface area (Å²) in [6.45, 7) is 0. The minimum absolute atomic E-state index is 0.0612. The first-order valence-electron chi connectivity index (χ1n) is 12.6. The minimum Gasteiger partial charge on any atom is -0.435 e. The Bertz CT molecular complexity index is 1580. The molecule has 7 nitrogen and oxygen atoms in total. The van der Waals surface area contributed by atoms with Gasteiger partial charge in [-0.05, 0) is 28.6 Å². The lowest BCUT2D eigenvalue weighted by Crippen LogP contribution is -2.63. The normalized spacial score (nSPS) is 12.7. The molecule has 0 aromatic heterocycles. The van der Waals surface area contributed by atoms with Gasteiger partial charge in [0.15, 0.2) is 0 Å². The Hall–Kier alpha value is -3.46. The summed E-state index contributed by atoms with van der Waals surface area (Å²) < 4.78 is 124. The van der Waals surface area contributed by atoms with Gasteiger partial charge in [-0.25, -0.2) is 9.59 Å². The summed E-state index contributed by atoms with van der Waals surface area (Å²) in [4.78, 5) is 26.4. The summed E-state index contributed by atoms with van der Waals surface area (Å²) in [7, 11) is -0.379. The van der Waals surface area contributed by atoms with E-state index >= 15 is 0 Å². The van der Waals surface area contributed by atoms with Gasteiger partial charge >= 0.3 is 29.9 Å². The van der Waals surface area contributed by atoms with Crippen molar-refractivity contribution in [3.05, 3.63) is 76.3 Å². The predicted molar refractivity (Wildman–Crippen MR) is 149 cm³/mol. The second-order valence-corrected chi connectivity index (χ2v) is 10.8. The van der Waals surface area contributed by atoms with Crippen molar-refractivity contribution in [1.82, 2.24) is 0 Å². The summed E-state index contributed by atoms with van der Waals surface area (Å²) in [5.74, 6) is -6.09. The monoisotopic (exact) mass is 614 g/mol. The molecule has 0 aliphatic heterocycles. The van der Waals surface area contributed by atoms with Crippen LogP contribution in [0.3, 0.4) is 0 Å². The lowest BCUT2D eigenvalue weighted by molar-refractivity contribution is -0.356. The van der Waals surface area contributed by atoms with Crippen molar-refractivity contribution in [3.8, 4) is 5.75 Å². The standard InChI is InChI=1S/C25H23B3F6O7S/c26-9-13-7-15(10-27)20(16(8-13)11-28)40-21(35)17-5-1-3-14-4-2-6-18(19(14)17)22(36)41-23(24(29,30)31,25(32,33)34)12-42(37,38)39/h1-8H,9-12,26-28H2,(H,37,38,39). The molecule has 0 heterocycles. The van der Waals surface area contributed by atoms with Crippen LogP contribution in [0.25, 0.3) is 10.8 Å². The highest BCUT2D eigenvalue weighted by atomic mass is 32.2. The van der Waals surface area contributed by atoms with Crippen molar-refractivity contribution in [2.45, 2.75) is 36.9 Å². The van der Waals surface area contributed by atoms with Crippen molar-refractivity contribution >= 4 is 56.4 Å². The van der Waals surface area contributed by atoms with E-state index in [4.69, 9.17) is 9.29 Å². The van der Waals surface area contributed by atoms with E-state index in [9.17, 15) is 44.3 Å². The van der Waals surface area contributed by atoms with Gasteiger partial charge < -0.3 is 9.47 Å². The van der Waals surface area contributed by atoms with E-state index in [-0.39, 0.29) is 22.1 Å². The van der Waals surface area contributed by atoms with Crippen LogP contribution in [0.2, 0.25) is 0 Å². The second kappa shape index (κ2) is 12.0. The largest absolute Gasteiger partial charge is 0.438 e. The molecule has 0 spiro atoms. The third kappa shape index (κ3) is 6.62. The number of hydrogen-bond donors (Lipinski definition) is 1. The number of ether oxygens (including phenoxy) is 2. The number of fused-ring (bicyclic) bond motifs is 1. The van der Waals surface area contributed by atoms with Crippen LogP contribution in [-0.4, -0.2) is 72.2 Å². The van der Waals surface area contributed by atoms with E-state index in [0.29, 0.717) is 30.1 Å². The molecule has 17 heteroatoms. The van der Waals surface area contributed by atoms with Crippen LogP contribution in [0.1, 0.15) is 37.4 Å². The molecule has 0 radical (unpaired) electrons. The van der Waals surface area contributed by atoms with Gasteiger partial charge in [-0.1, -0.05) is 60.9 Å². The second-order valence-electron chi connectivity index (χ2n) is 9.34. The molecule has 1 N–H and O–H groups in total. The first-order valence-corrected chi connectivity index (χ1v) is 14.2. The average Bonchev–Trinajstić information content (AvgIpc) is 2.89. The molecule has 3 rings (SSSR count). The molecular formula is C25H23B3F6O7S. The molecule has 0 amide bonds. The van der Waals surface area contributed by atoms with Crippen molar-refractivity contribution in [2.75, 3.05) is 5.75 Å². The zero-order valence-electron chi connectivity index (χ0n) is 22.5. The number of hydrogen-bond acceptors (Lipinski definition) is 6. The summed E-state index contributed by atoms with van der Waals surface area (Å²) in [6.07, 6.45) is -11.4. The number of carbonyl (C=O) groups is 2. The van der Waals surface area contributed by atoms with Gasteiger partial charge in [-0.15, -0.1) is 0 Å². The number of carbonyl (C=O) groups excluding carboxylic acids is 2. The molecule has 3 aromatic carbocycles. The number of rotatable bonds is 9. The summed E-state index contributed by atoms with van der Waals surface area (Å²) in [5, 5.41) is -0.326. The van der Waals surface area contributed by atoms with Crippen LogP contribution in [0.5, 0.6) is 5.75 Å². The van der Waals surface area contributed by atoms with E-state index in [2.05, 4.69) is 4.74 Å². The van der Waals surface area contributed by atoms with E-state index < -0.39 is 51.3 Å². The Morgan fingerprint density at radius 3 is 1.67 bits per heavy atom. The third-order valence-electron chi connectivity index (χ3n) is 6.58. The predicted octanol–water partition coefficient (Wildman–Crippen LogP) is 2.37. The molecule has 0 bridgehead atoms. The Balaban J connectivity index is 2.18. The summed E-state index contributed by atoms with van der Waals surface area (Å²) in [5.41, 5.74) is -4.53.